The van der Waals surface area contributed by atoms with Gasteiger partial charge in [-0.25, -0.2) is 0 Å². The molecule has 0 amide bonds. The van der Waals surface area contributed by atoms with E-state index in [0.717, 1.165) is 96.3 Å². The monoisotopic (exact) mass is 1070 g/mol. The average molecular weight is 1070 g/mol. The number of carbonyl (C=O) groups excluding carboxylic acids is 3. The second kappa shape index (κ2) is 64.9. The molecule has 0 heterocycles. The fraction of sp³-hybridized carbons (Fsp3) is 0.732. The van der Waals surface area contributed by atoms with Crippen LogP contribution in [0.1, 0.15) is 316 Å². The molecule has 0 radical (unpaired) electrons. The second-order valence-corrected chi connectivity index (χ2v) is 21.6. The highest BCUT2D eigenvalue weighted by molar-refractivity contribution is 5.71. The van der Waals surface area contributed by atoms with Crippen molar-refractivity contribution in [1.29, 1.82) is 0 Å². The van der Waals surface area contributed by atoms with E-state index in [2.05, 4.69) is 118 Å². The molecule has 0 spiro atoms. The van der Waals surface area contributed by atoms with Gasteiger partial charge in [-0.05, 0) is 122 Å². The number of hydrogen-bond donors (Lipinski definition) is 0. The largest absolute Gasteiger partial charge is 0.462 e. The number of unbranched alkanes of at least 4 members (excludes halogenated alkanes) is 32. The fourth-order valence-electron chi connectivity index (χ4n) is 9.14. The van der Waals surface area contributed by atoms with Crippen molar-refractivity contribution in [3.8, 4) is 0 Å². The number of carbonyl (C=O) groups is 3. The highest BCUT2D eigenvalue weighted by atomic mass is 16.6. The van der Waals surface area contributed by atoms with Gasteiger partial charge in [0.15, 0.2) is 6.10 Å². The van der Waals surface area contributed by atoms with E-state index in [4.69, 9.17) is 14.2 Å². The number of esters is 3. The molecular formula is C71H122O6. The lowest BCUT2D eigenvalue weighted by molar-refractivity contribution is -0.167. The van der Waals surface area contributed by atoms with Crippen LogP contribution in [0.5, 0.6) is 0 Å². The molecule has 6 heteroatoms. The van der Waals surface area contributed by atoms with Gasteiger partial charge in [0, 0.05) is 19.3 Å². The third-order valence-electron chi connectivity index (χ3n) is 14.0. The predicted octanol–water partition coefficient (Wildman–Crippen LogP) is 22.4. The molecule has 0 saturated carbocycles. The topological polar surface area (TPSA) is 78.9 Å². The van der Waals surface area contributed by atoms with Crippen molar-refractivity contribution in [2.24, 2.45) is 0 Å². The van der Waals surface area contributed by atoms with E-state index in [-0.39, 0.29) is 31.1 Å². The Balaban J connectivity index is 4.46. The van der Waals surface area contributed by atoms with Crippen molar-refractivity contribution in [2.75, 3.05) is 13.2 Å². The molecule has 0 aliphatic rings. The van der Waals surface area contributed by atoms with Crippen molar-refractivity contribution in [3.63, 3.8) is 0 Å². The van der Waals surface area contributed by atoms with Crippen LogP contribution in [0.4, 0.5) is 0 Å². The Kier molecular flexibility index (Phi) is 61.8. The number of rotatable bonds is 59. The van der Waals surface area contributed by atoms with Crippen LogP contribution in [-0.2, 0) is 28.6 Å². The Hall–Kier alpha value is -3.67. The summed E-state index contributed by atoms with van der Waals surface area (Å²) in [5.74, 6) is -0.934. The maximum Gasteiger partial charge on any atom is 0.306 e. The molecule has 0 aromatic heterocycles. The van der Waals surface area contributed by atoms with Crippen LogP contribution in [0.25, 0.3) is 0 Å². The molecule has 0 aromatic carbocycles. The number of ether oxygens (including phenoxy) is 3. The SMILES string of the molecule is CC/C=C\C/C=C\C/C=C\C/C=C\C/C=C\C/C=C\CCCCC(=O)OCC(COC(=O)CCCCCCCCC/C=C\CCCCCCCC)OC(=O)CCCCCCCCCCC/C=C\CCCCCCCCCC. The summed E-state index contributed by atoms with van der Waals surface area (Å²) in [4.78, 5) is 38.4. The van der Waals surface area contributed by atoms with Gasteiger partial charge in [0.2, 0.25) is 0 Å². The predicted molar refractivity (Wildman–Crippen MR) is 334 cm³/mol. The quantitative estimate of drug-likeness (QED) is 0.0261. The van der Waals surface area contributed by atoms with Gasteiger partial charge in [-0.3, -0.25) is 14.4 Å². The molecule has 0 aliphatic heterocycles. The Morgan fingerprint density at radius 3 is 0.831 bits per heavy atom. The van der Waals surface area contributed by atoms with Crippen LogP contribution in [-0.4, -0.2) is 37.2 Å². The summed E-state index contributed by atoms with van der Waals surface area (Å²) in [6, 6.07) is 0. The van der Waals surface area contributed by atoms with Gasteiger partial charge in [0.05, 0.1) is 0 Å². The van der Waals surface area contributed by atoms with Crippen LogP contribution in [0.3, 0.4) is 0 Å². The minimum atomic E-state index is -0.801. The Labute approximate surface area is 477 Å². The third-order valence-corrected chi connectivity index (χ3v) is 14.0. The van der Waals surface area contributed by atoms with Gasteiger partial charge in [0.1, 0.15) is 13.2 Å². The normalized spacial score (nSPS) is 12.7. The average Bonchev–Trinajstić information content (AvgIpc) is 3.43. The van der Waals surface area contributed by atoms with Crippen molar-refractivity contribution in [1.82, 2.24) is 0 Å². The molecule has 0 N–H and O–H groups in total. The van der Waals surface area contributed by atoms with Crippen LogP contribution >= 0.6 is 0 Å². The first-order valence-corrected chi connectivity index (χ1v) is 32.7. The van der Waals surface area contributed by atoms with Crippen LogP contribution in [0, 0.1) is 0 Å². The molecule has 77 heavy (non-hydrogen) atoms. The zero-order chi connectivity index (χ0) is 55.7. The number of allylic oxidation sites excluding steroid dienone is 16. The molecule has 0 bridgehead atoms. The number of hydrogen-bond acceptors (Lipinski definition) is 6. The summed E-state index contributed by atoms with van der Waals surface area (Å²) in [5, 5.41) is 0. The summed E-state index contributed by atoms with van der Waals surface area (Å²) in [6.45, 7) is 6.51. The van der Waals surface area contributed by atoms with Crippen molar-refractivity contribution >= 4 is 17.9 Å². The minimum absolute atomic E-state index is 0.0937. The van der Waals surface area contributed by atoms with Crippen molar-refractivity contribution in [3.05, 3.63) is 97.2 Å². The zero-order valence-electron chi connectivity index (χ0n) is 50.7. The fourth-order valence-corrected chi connectivity index (χ4v) is 9.14. The molecule has 1 unspecified atom stereocenters. The maximum absolute atomic E-state index is 12.9. The van der Waals surface area contributed by atoms with Crippen LogP contribution in [0.2, 0.25) is 0 Å². The lowest BCUT2D eigenvalue weighted by Crippen LogP contribution is -2.30. The first kappa shape index (κ1) is 73.3. The van der Waals surface area contributed by atoms with Crippen molar-refractivity contribution < 1.29 is 28.6 Å². The Morgan fingerprint density at radius 2 is 0.506 bits per heavy atom. The summed E-state index contributed by atoms with van der Waals surface area (Å²) < 4.78 is 16.9. The zero-order valence-corrected chi connectivity index (χ0v) is 50.7. The summed E-state index contributed by atoms with van der Waals surface area (Å²) in [7, 11) is 0. The third kappa shape index (κ3) is 63.0. The molecule has 0 aliphatic carbocycles. The van der Waals surface area contributed by atoms with Gasteiger partial charge >= 0.3 is 17.9 Å². The smallest absolute Gasteiger partial charge is 0.306 e. The van der Waals surface area contributed by atoms with E-state index >= 15 is 0 Å². The summed E-state index contributed by atoms with van der Waals surface area (Å²) in [5.41, 5.74) is 0. The first-order valence-electron chi connectivity index (χ1n) is 32.7. The van der Waals surface area contributed by atoms with E-state index in [0.29, 0.717) is 19.3 Å². The lowest BCUT2D eigenvalue weighted by Gasteiger charge is -2.18. The minimum Gasteiger partial charge on any atom is -0.462 e. The molecule has 0 saturated heterocycles. The van der Waals surface area contributed by atoms with Crippen LogP contribution < -0.4 is 0 Å². The maximum atomic E-state index is 12.9. The van der Waals surface area contributed by atoms with Gasteiger partial charge in [-0.15, -0.1) is 0 Å². The van der Waals surface area contributed by atoms with Gasteiger partial charge in [-0.1, -0.05) is 272 Å². The van der Waals surface area contributed by atoms with Gasteiger partial charge in [0.25, 0.3) is 0 Å². The molecule has 0 rings (SSSR count). The molecule has 442 valence electrons. The van der Waals surface area contributed by atoms with Gasteiger partial charge in [-0.2, -0.15) is 0 Å². The van der Waals surface area contributed by atoms with Crippen molar-refractivity contribution in [2.45, 2.75) is 322 Å². The summed E-state index contributed by atoms with van der Waals surface area (Å²) >= 11 is 0. The van der Waals surface area contributed by atoms with E-state index in [1.165, 1.54) is 180 Å². The van der Waals surface area contributed by atoms with E-state index < -0.39 is 6.10 Å². The van der Waals surface area contributed by atoms with E-state index in [1.807, 2.05) is 0 Å². The standard InChI is InChI=1S/C71H122O6/c1-4-7-10-13-16-19-22-25-28-31-33-35-37-40-43-46-49-52-55-58-61-64-70(73)76-67-68(66-75-69(72)63-60-57-54-51-48-45-42-39-30-27-24-21-18-15-12-9-6-3)77-71(74)65-62-59-56-53-50-47-44-41-38-36-34-32-29-26-23-20-17-14-11-8-5-2/h7,10,16,19,25,27-28,30,32-35,40,43,49,52,68H,4-6,8-9,11-15,17-18,20-24,26,29,31,36-39,41-42,44-48,50-51,53-67H2,1-3H3/b10-7-,19-16-,28-25-,30-27-,34-32-,35-33-,43-40-,52-49-. The van der Waals surface area contributed by atoms with E-state index in [9.17, 15) is 14.4 Å². The van der Waals surface area contributed by atoms with E-state index in [1.54, 1.807) is 0 Å². The molecule has 6 nitrogen and oxygen atoms in total. The Bertz CT molecular complexity index is 1510. The van der Waals surface area contributed by atoms with Crippen LogP contribution in [0.15, 0.2) is 97.2 Å². The molecular weight excluding hydrogens is 949 g/mol. The molecule has 0 fully saturated rings. The Morgan fingerprint density at radius 1 is 0.273 bits per heavy atom. The van der Waals surface area contributed by atoms with Gasteiger partial charge < -0.3 is 14.2 Å². The molecule has 1 atom stereocenters. The molecule has 0 aromatic rings. The highest BCUT2D eigenvalue weighted by Gasteiger charge is 2.19. The second-order valence-electron chi connectivity index (χ2n) is 21.6. The highest BCUT2D eigenvalue weighted by Crippen LogP contribution is 2.16. The first-order chi connectivity index (χ1) is 38.0. The lowest BCUT2D eigenvalue weighted by atomic mass is 10.1. The summed E-state index contributed by atoms with van der Waals surface area (Å²) in [6.07, 6.45) is 87.0.